The number of fused-ring (bicyclic) bond motifs is 1. The van der Waals surface area contributed by atoms with Crippen molar-refractivity contribution in [3.8, 4) is 0 Å². The highest BCUT2D eigenvalue weighted by Gasteiger charge is 2.18. The first kappa shape index (κ1) is 11.3. The fourth-order valence-electron chi connectivity index (χ4n) is 2.04. The van der Waals surface area contributed by atoms with E-state index >= 15 is 0 Å². The van der Waals surface area contributed by atoms with Crippen LogP contribution in [0.3, 0.4) is 0 Å². The fourth-order valence-corrected chi connectivity index (χ4v) is 2.04. The summed E-state index contributed by atoms with van der Waals surface area (Å²) in [5.41, 5.74) is 7.00. The summed E-state index contributed by atoms with van der Waals surface area (Å²) in [6.07, 6.45) is 0.0835. The zero-order valence-corrected chi connectivity index (χ0v) is 10.1. The number of nitrogen functional groups attached to an aromatic ring is 1. The molecular formula is C10H15N7O. The van der Waals surface area contributed by atoms with Gasteiger partial charge < -0.3 is 15.8 Å². The van der Waals surface area contributed by atoms with E-state index in [1.165, 1.54) is 0 Å². The predicted molar refractivity (Wildman–Crippen MR) is 64.9 cm³/mol. The van der Waals surface area contributed by atoms with Gasteiger partial charge in [-0.15, -0.1) is 5.10 Å². The molecule has 1 atom stereocenters. The molecule has 0 spiro atoms. The second-order valence-corrected chi connectivity index (χ2v) is 4.30. The molecule has 2 aromatic rings. The molecular weight excluding hydrogens is 234 g/mol. The molecule has 2 aromatic heterocycles. The first-order chi connectivity index (χ1) is 8.74. The Bertz CT molecular complexity index is 561. The summed E-state index contributed by atoms with van der Waals surface area (Å²) in [6, 6.07) is 0. The third-order valence-electron chi connectivity index (χ3n) is 2.88. The van der Waals surface area contributed by atoms with Gasteiger partial charge in [0.2, 0.25) is 0 Å². The van der Waals surface area contributed by atoms with Crippen molar-refractivity contribution in [2.24, 2.45) is 0 Å². The van der Waals surface area contributed by atoms with Crippen LogP contribution < -0.4 is 11.1 Å². The lowest BCUT2D eigenvalue weighted by molar-refractivity contribution is 0.0165. The van der Waals surface area contributed by atoms with E-state index in [1.54, 1.807) is 11.6 Å². The highest BCUT2D eigenvalue weighted by Crippen LogP contribution is 2.15. The van der Waals surface area contributed by atoms with Crippen LogP contribution >= 0.6 is 0 Å². The quantitative estimate of drug-likeness (QED) is 0.710. The summed E-state index contributed by atoms with van der Waals surface area (Å²) in [6.45, 7) is 4.82. The van der Waals surface area contributed by atoms with Crippen molar-refractivity contribution < 1.29 is 4.74 Å². The SMILES string of the molecule is Cc1nc(N)c2nnn(CC3CNCCO3)c2n1. The molecule has 0 amide bonds. The molecule has 1 saturated heterocycles. The average Bonchev–Trinajstić information content (AvgIpc) is 2.74. The summed E-state index contributed by atoms with van der Waals surface area (Å²) >= 11 is 0. The fraction of sp³-hybridized carbons (Fsp3) is 0.600. The van der Waals surface area contributed by atoms with Crippen LogP contribution in [0.2, 0.25) is 0 Å². The third-order valence-corrected chi connectivity index (χ3v) is 2.88. The Kier molecular flexibility index (Phi) is 2.80. The predicted octanol–water partition coefficient (Wildman–Crippen LogP) is -0.900. The molecule has 8 heteroatoms. The van der Waals surface area contributed by atoms with E-state index in [1.807, 2.05) is 0 Å². The molecule has 1 aliphatic heterocycles. The molecule has 1 unspecified atom stereocenters. The average molecular weight is 249 g/mol. The van der Waals surface area contributed by atoms with Crippen LogP contribution in [0.15, 0.2) is 0 Å². The number of nitrogens with one attached hydrogen (secondary N) is 1. The molecule has 0 radical (unpaired) electrons. The molecule has 96 valence electrons. The largest absolute Gasteiger partial charge is 0.382 e. The zero-order chi connectivity index (χ0) is 12.5. The van der Waals surface area contributed by atoms with E-state index in [0.717, 1.165) is 13.1 Å². The van der Waals surface area contributed by atoms with Crippen LogP contribution in [0.25, 0.3) is 11.2 Å². The van der Waals surface area contributed by atoms with Crippen molar-refractivity contribution in [2.75, 3.05) is 25.4 Å². The van der Waals surface area contributed by atoms with Crippen molar-refractivity contribution in [1.29, 1.82) is 0 Å². The topological polar surface area (TPSA) is 104 Å². The van der Waals surface area contributed by atoms with Crippen molar-refractivity contribution in [3.63, 3.8) is 0 Å². The van der Waals surface area contributed by atoms with Crippen LogP contribution in [-0.2, 0) is 11.3 Å². The lowest BCUT2D eigenvalue weighted by Gasteiger charge is -2.23. The van der Waals surface area contributed by atoms with Crippen LogP contribution in [0.4, 0.5) is 5.82 Å². The Morgan fingerprint density at radius 2 is 2.39 bits per heavy atom. The number of anilines is 1. The Morgan fingerprint density at radius 3 is 3.17 bits per heavy atom. The van der Waals surface area contributed by atoms with E-state index in [9.17, 15) is 0 Å². The number of nitrogens with zero attached hydrogens (tertiary/aromatic N) is 5. The molecule has 3 heterocycles. The van der Waals surface area contributed by atoms with Crippen molar-refractivity contribution in [1.82, 2.24) is 30.3 Å². The summed E-state index contributed by atoms with van der Waals surface area (Å²) in [7, 11) is 0. The maximum Gasteiger partial charge on any atom is 0.184 e. The van der Waals surface area contributed by atoms with E-state index in [0.29, 0.717) is 36.0 Å². The third kappa shape index (κ3) is 2.00. The monoisotopic (exact) mass is 249 g/mol. The van der Waals surface area contributed by atoms with E-state index in [4.69, 9.17) is 10.5 Å². The summed E-state index contributed by atoms with van der Waals surface area (Å²) in [5, 5.41) is 11.4. The van der Waals surface area contributed by atoms with Gasteiger partial charge in [0, 0.05) is 13.1 Å². The number of hydrogen-bond donors (Lipinski definition) is 2. The molecule has 0 saturated carbocycles. The molecule has 0 aromatic carbocycles. The minimum Gasteiger partial charge on any atom is -0.382 e. The molecule has 3 N–H and O–H groups in total. The summed E-state index contributed by atoms with van der Waals surface area (Å²) in [5.74, 6) is 0.984. The Labute approximate surface area is 104 Å². The summed E-state index contributed by atoms with van der Waals surface area (Å²) in [4.78, 5) is 8.40. The minimum atomic E-state index is 0.0835. The molecule has 3 rings (SSSR count). The maximum atomic E-state index is 5.79. The highest BCUT2D eigenvalue weighted by molar-refractivity contribution is 5.80. The summed E-state index contributed by atoms with van der Waals surface area (Å²) < 4.78 is 7.36. The van der Waals surface area contributed by atoms with E-state index < -0.39 is 0 Å². The van der Waals surface area contributed by atoms with Gasteiger partial charge in [-0.25, -0.2) is 14.6 Å². The Balaban J connectivity index is 1.92. The van der Waals surface area contributed by atoms with Gasteiger partial charge >= 0.3 is 0 Å². The van der Waals surface area contributed by atoms with Crippen LogP contribution in [-0.4, -0.2) is 50.8 Å². The highest BCUT2D eigenvalue weighted by atomic mass is 16.5. The maximum absolute atomic E-state index is 5.79. The van der Waals surface area contributed by atoms with Gasteiger partial charge in [-0.2, -0.15) is 0 Å². The van der Waals surface area contributed by atoms with Gasteiger partial charge in [0.1, 0.15) is 5.82 Å². The van der Waals surface area contributed by atoms with Crippen molar-refractivity contribution in [3.05, 3.63) is 5.82 Å². The number of aromatic nitrogens is 5. The molecule has 1 aliphatic rings. The van der Waals surface area contributed by atoms with Gasteiger partial charge in [0.05, 0.1) is 19.3 Å². The number of nitrogens with two attached hydrogens (primary N) is 1. The molecule has 0 bridgehead atoms. The van der Waals surface area contributed by atoms with E-state index in [2.05, 4.69) is 25.6 Å². The number of ether oxygens (including phenoxy) is 1. The van der Waals surface area contributed by atoms with Gasteiger partial charge in [-0.1, -0.05) is 5.21 Å². The Hall–Kier alpha value is -1.80. The van der Waals surface area contributed by atoms with Gasteiger partial charge in [-0.3, -0.25) is 0 Å². The van der Waals surface area contributed by atoms with Crippen molar-refractivity contribution in [2.45, 2.75) is 19.6 Å². The molecule has 8 nitrogen and oxygen atoms in total. The number of morpholine rings is 1. The zero-order valence-electron chi connectivity index (χ0n) is 10.1. The normalized spacial score (nSPS) is 20.4. The van der Waals surface area contributed by atoms with Gasteiger partial charge in [-0.05, 0) is 6.92 Å². The van der Waals surface area contributed by atoms with Gasteiger partial charge in [0.25, 0.3) is 0 Å². The standard InChI is InChI=1S/C10H15N7O/c1-6-13-9(11)8-10(14-6)17(16-15-8)5-7-4-12-2-3-18-7/h7,12H,2-5H2,1H3,(H2,11,13,14). The lowest BCUT2D eigenvalue weighted by Crippen LogP contribution is -2.40. The van der Waals surface area contributed by atoms with Crippen LogP contribution in [0, 0.1) is 6.92 Å². The molecule has 18 heavy (non-hydrogen) atoms. The second-order valence-electron chi connectivity index (χ2n) is 4.30. The smallest absolute Gasteiger partial charge is 0.184 e. The van der Waals surface area contributed by atoms with Crippen molar-refractivity contribution >= 4 is 17.0 Å². The molecule has 1 fully saturated rings. The van der Waals surface area contributed by atoms with Crippen LogP contribution in [0.5, 0.6) is 0 Å². The number of rotatable bonds is 2. The first-order valence-corrected chi connectivity index (χ1v) is 5.89. The lowest BCUT2D eigenvalue weighted by atomic mass is 10.3. The number of aryl methyl sites for hydroxylation is 1. The minimum absolute atomic E-state index is 0.0835. The van der Waals surface area contributed by atoms with E-state index in [-0.39, 0.29) is 6.10 Å². The molecule has 0 aliphatic carbocycles. The second kappa shape index (κ2) is 4.46. The Morgan fingerprint density at radius 1 is 1.50 bits per heavy atom. The van der Waals surface area contributed by atoms with Gasteiger partial charge in [0.15, 0.2) is 17.0 Å². The first-order valence-electron chi connectivity index (χ1n) is 5.89. The number of hydrogen-bond acceptors (Lipinski definition) is 7. The van der Waals surface area contributed by atoms with Crippen LogP contribution in [0.1, 0.15) is 5.82 Å².